The van der Waals surface area contributed by atoms with Crippen molar-refractivity contribution in [2.75, 3.05) is 44.8 Å². The van der Waals surface area contributed by atoms with Gasteiger partial charge in [0, 0.05) is 31.7 Å². The number of benzene rings is 3. The zero-order valence-electron chi connectivity index (χ0n) is 20.7. The Bertz CT molecular complexity index is 1260. The average Bonchev–Trinajstić information content (AvgIpc) is 2.95. The van der Waals surface area contributed by atoms with Gasteiger partial charge < -0.3 is 25.0 Å². The summed E-state index contributed by atoms with van der Waals surface area (Å²) >= 11 is 0. The Morgan fingerprint density at radius 3 is 2.05 bits per heavy atom. The number of anilines is 1. The van der Waals surface area contributed by atoms with Crippen LogP contribution in [0.1, 0.15) is 15.9 Å². The molecule has 0 aliphatic carbocycles. The molecule has 3 aromatic rings. The molecule has 1 fully saturated rings. The van der Waals surface area contributed by atoms with Gasteiger partial charge in [-0.1, -0.05) is 36.4 Å². The number of halogens is 3. The highest BCUT2D eigenvalue weighted by Gasteiger charge is 2.30. The van der Waals surface area contributed by atoms with Gasteiger partial charge in [0.15, 0.2) is 0 Å². The summed E-state index contributed by atoms with van der Waals surface area (Å²) in [7, 11) is 1.61. The first kappa shape index (κ1) is 27.0. The van der Waals surface area contributed by atoms with Gasteiger partial charge in [-0.2, -0.15) is 13.2 Å². The minimum atomic E-state index is -4.41. The Labute approximate surface area is 218 Å². The second-order valence-corrected chi connectivity index (χ2v) is 8.85. The fourth-order valence-corrected chi connectivity index (χ4v) is 4.37. The number of para-hydroxylation sites is 2. The number of aliphatic hydroxyl groups is 1. The van der Waals surface area contributed by atoms with Gasteiger partial charge in [0.25, 0.3) is 5.91 Å². The van der Waals surface area contributed by atoms with E-state index in [0.29, 0.717) is 37.3 Å². The zero-order valence-corrected chi connectivity index (χ0v) is 20.7. The van der Waals surface area contributed by atoms with E-state index in [4.69, 9.17) is 4.74 Å². The van der Waals surface area contributed by atoms with E-state index in [2.05, 4.69) is 10.2 Å². The van der Waals surface area contributed by atoms with Gasteiger partial charge >= 0.3 is 6.18 Å². The molecule has 1 heterocycles. The normalized spacial score (nSPS) is 14.7. The average molecular weight is 528 g/mol. The van der Waals surface area contributed by atoms with Gasteiger partial charge in [0.05, 0.1) is 25.0 Å². The molecule has 3 aromatic carbocycles. The summed E-state index contributed by atoms with van der Waals surface area (Å²) < 4.78 is 43.8. The van der Waals surface area contributed by atoms with Crippen molar-refractivity contribution in [3.63, 3.8) is 0 Å². The molecule has 1 atom stereocenters. The van der Waals surface area contributed by atoms with Gasteiger partial charge in [0.2, 0.25) is 5.91 Å². The van der Waals surface area contributed by atoms with Crippen molar-refractivity contribution >= 4 is 17.5 Å². The number of methoxy groups -OCH3 is 1. The quantitative estimate of drug-likeness (QED) is 0.488. The van der Waals surface area contributed by atoms with E-state index < -0.39 is 30.3 Å². The number of rotatable bonds is 7. The summed E-state index contributed by atoms with van der Waals surface area (Å²) in [4.78, 5) is 29.5. The van der Waals surface area contributed by atoms with E-state index in [-0.39, 0.29) is 11.5 Å². The van der Waals surface area contributed by atoms with Crippen LogP contribution in [0.5, 0.6) is 5.75 Å². The maximum atomic E-state index is 13.0. The zero-order chi connectivity index (χ0) is 27.3. The number of nitrogens with one attached hydrogen (secondary N) is 1. The second-order valence-electron chi connectivity index (χ2n) is 8.85. The molecule has 0 saturated carbocycles. The first-order valence-corrected chi connectivity index (χ1v) is 12.1. The van der Waals surface area contributed by atoms with Crippen LogP contribution in [0.15, 0.2) is 72.8 Å². The van der Waals surface area contributed by atoms with Crippen LogP contribution >= 0.6 is 0 Å². The molecule has 1 saturated heterocycles. The summed E-state index contributed by atoms with van der Waals surface area (Å²) in [5.41, 5.74) is 1.67. The fraction of sp³-hybridized carbons (Fsp3) is 0.286. The number of carbonyl (C=O) groups excluding carboxylic acids is 2. The Morgan fingerprint density at radius 2 is 1.50 bits per heavy atom. The van der Waals surface area contributed by atoms with Crippen molar-refractivity contribution in [1.82, 2.24) is 10.2 Å². The van der Waals surface area contributed by atoms with Gasteiger partial charge in [-0.3, -0.25) is 9.59 Å². The van der Waals surface area contributed by atoms with Crippen molar-refractivity contribution in [1.29, 1.82) is 0 Å². The largest absolute Gasteiger partial charge is 0.495 e. The maximum Gasteiger partial charge on any atom is 0.416 e. The molecule has 1 aliphatic heterocycles. The maximum absolute atomic E-state index is 13.0. The molecule has 0 bridgehead atoms. The monoisotopic (exact) mass is 527 g/mol. The molecule has 4 rings (SSSR count). The topological polar surface area (TPSA) is 82.1 Å². The Morgan fingerprint density at radius 1 is 0.921 bits per heavy atom. The van der Waals surface area contributed by atoms with Crippen LogP contribution in [0.4, 0.5) is 18.9 Å². The van der Waals surface area contributed by atoms with E-state index in [0.717, 1.165) is 23.6 Å². The van der Waals surface area contributed by atoms with Crippen molar-refractivity contribution in [2.45, 2.75) is 12.2 Å². The molecule has 0 spiro atoms. The third-order valence-electron chi connectivity index (χ3n) is 6.50. The summed E-state index contributed by atoms with van der Waals surface area (Å²) in [5, 5.41) is 12.4. The smallest absolute Gasteiger partial charge is 0.416 e. The molecule has 1 aliphatic rings. The first-order chi connectivity index (χ1) is 18.2. The van der Waals surface area contributed by atoms with E-state index in [1.54, 1.807) is 24.1 Å². The van der Waals surface area contributed by atoms with Gasteiger partial charge in [-0.05, 0) is 47.5 Å². The Hall–Kier alpha value is -4.05. The molecule has 10 heteroatoms. The molecular formula is C28H28F3N3O4. The van der Waals surface area contributed by atoms with Crippen LogP contribution in [0.3, 0.4) is 0 Å². The SMILES string of the molecule is COc1ccccc1N1CCN(C(=O)C(CO)NC(=O)c2ccc(-c3ccc(C(F)(F)F)cc3)cc2)CC1. The number of ether oxygens (including phenoxy) is 1. The summed E-state index contributed by atoms with van der Waals surface area (Å²) in [5.74, 6) is -0.164. The third kappa shape index (κ3) is 6.08. The van der Waals surface area contributed by atoms with E-state index >= 15 is 0 Å². The van der Waals surface area contributed by atoms with E-state index in [1.807, 2.05) is 24.3 Å². The molecule has 7 nitrogen and oxygen atoms in total. The van der Waals surface area contributed by atoms with E-state index in [9.17, 15) is 27.9 Å². The number of aliphatic hydroxyl groups excluding tert-OH is 1. The van der Waals surface area contributed by atoms with Gasteiger partial charge in [-0.15, -0.1) is 0 Å². The van der Waals surface area contributed by atoms with Crippen LogP contribution in [0.25, 0.3) is 11.1 Å². The van der Waals surface area contributed by atoms with Gasteiger partial charge in [-0.25, -0.2) is 0 Å². The summed E-state index contributed by atoms with van der Waals surface area (Å²) in [6.45, 7) is 1.43. The standard InChI is InChI=1S/C28H28F3N3O4/c1-38-25-5-3-2-4-24(25)33-14-16-34(17-15-33)27(37)23(18-35)32-26(36)21-8-6-19(7-9-21)20-10-12-22(13-11-20)28(29,30)31/h2-13,23,35H,14-18H2,1H3,(H,32,36). The van der Waals surface area contributed by atoms with E-state index in [1.165, 1.54) is 24.3 Å². The number of piperazine rings is 1. The lowest BCUT2D eigenvalue weighted by molar-refractivity contribution is -0.137. The number of nitrogens with zero attached hydrogens (tertiary/aromatic N) is 2. The lowest BCUT2D eigenvalue weighted by Gasteiger charge is -2.37. The van der Waals surface area contributed by atoms with Crippen LogP contribution in [-0.4, -0.2) is 67.8 Å². The predicted octanol–water partition coefficient (Wildman–Crippen LogP) is 3.82. The molecule has 2 N–H and O–H groups in total. The Kier molecular flexibility index (Phi) is 8.21. The highest BCUT2D eigenvalue weighted by Crippen LogP contribution is 2.31. The highest BCUT2D eigenvalue weighted by molar-refractivity contribution is 5.98. The van der Waals surface area contributed by atoms with Crippen LogP contribution < -0.4 is 15.0 Å². The lowest BCUT2D eigenvalue weighted by Crippen LogP contribution is -2.56. The van der Waals surface area contributed by atoms with Crippen molar-refractivity contribution < 1.29 is 32.6 Å². The lowest BCUT2D eigenvalue weighted by atomic mass is 10.0. The molecule has 2 amide bonds. The molecule has 0 radical (unpaired) electrons. The molecule has 200 valence electrons. The number of amides is 2. The van der Waals surface area contributed by atoms with Crippen LogP contribution in [0, 0.1) is 0 Å². The molecule has 1 unspecified atom stereocenters. The number of hydrogen-bond acceptors (Lipinski definition) is 5. The first-order valence-electron chi connectivity index (χ1n) is 12.1. The molecular weight excluding hydrogens is 499 g/mol. The number of alkyl halides is 3. The number of carbonyl (C=O) groups is 2. The van der Waals surface area contributed by atoms with Crippen molar-refractivity contribution in [3.8, 4) is 16.9 Å². The second kappa shape index (κ2) is 11.6. The third-order valence-corrected chi connectivity index (χ3v) is 6.50. The minimum absolute atomic E-state index is 0.257. The van der Waals surface area contributed by atoms with Crippen molar-refractivity contribution in [3.05, 3.63) is 83.9 Å². The molecule has 0 aromatic heterocycles. The highest BCUT2D eigenvalue weighted by atomic mass is 19.4. The fourth-order valence-electron chi connectivity index (χ4n) is 4.37. The minimum Gasteiger partial charge on any atom is -0.495 e. The Balaban J connectivity index is 1.35. The van der Waals surface area contributed by atoms with Crippen LogP contribution in [-0.2, 0) is 11.0 Å². The molecule has 38 heavy (non-hydrogen) atoms. The van der Waals surface area contributed by atoms with Gasteiger partial charge in [0.1, 0.15) is 11.8 Å². The number of hydrogen-bond donors (Lipinski definition) is 2. The predicted molar refractivity (Wildman–Crippen MR) is 137 cm³/mol. The van der Waals surface area contributed by atoms with Crippen LogP contribution in [0.2, 0.25) is 0 Å². The summed E-state index contributed by atoms with van der Waals surface area (Å²) in [6, 6.07) is 17.5. The van der Waals surface area contributed by atoms with Crippen molar-refractivity contribution in [2.24, 2.45) is 0 Å². The summed E-state index contributed by atoms with van der Waals surface area (Å²) in [6.07, 6.45) is -4.41.